The molecule has 10 heteroatoms. The normalized spacial score (nSPS) is 19.8. The highest BCUT2D eigenvalue weighted by Crippen LogP contribution is 2.25. The van der Waals surface area contributed by atoms with Crippen molar-refractivity contribution in [3.05, 3.63) is 53.6 Å². The van der Waals surface area contributed by atoms with Crippen molar-refractivity contribution in [2.24, 2.45) is 0 Å². The van der Waals surface area contributed by atoms with Crippen molar-refractivity contribution in [3.63, 3.8) is 0 Å². The predicted molar refractivity (Wildman–Crippen MR) is 96.4 cm³/mol. The van der Waals surface area contributed by atoms with Crippen molar-refractivity contribution in [3.8, 4) is 17.9 Å². The van der Waals surface area contributed by atoms with Crippen LogP contribution in [0.2, 0.25) is 0 Å². The summed E-state index contributed by atoms with van der Waals surface area (Å²) in [6, 6.07) is 10.1. The summed E-state index contributed by atoms with van der Waals surface area (Å²) in [6.45, 7) is 0.165. The molecule has 2 atom stereocenters. The van der Waals surface area contributed by atoms with Crippen LogP contribution >= 0.6 is 0 Å². The Balaban J connectivity index is 0.000000237. The van der Waals surface area contributed by atoms with Gasteiger partial charge in [-0.05, 0) is 30.7 Å². The van der Waals surface area contributed by atoms with E-state index in [1.165, 1.54) is 22.6 Å². The first kappa shape index (κ1) is 21.4. The van der Waals surface area contributed by atoms with Gasteiger partial charge < -0.3 is 15.3 Å². The molecule has 1 aliphatic heterocycles. The number of aliphatic hydroxyl groups is 2. The molecule has 0 aliphatic carbocycles. The molecule has 0 spiro atoms. The minimum absolute atomic E-state index is 0.0576. The number of aromatic hydroxyl groups is 1. The maximum atomic E-state index is 12.5. The Morgan fingerprint density at radius 1 is 1.32 bits per heavy atom. The number of nitriles is 2. The topological polar surface area (TPSA) is 141 Å². The van der Waals surface area contributed by atoms with E-state index in [0.717, 1.165) is 6.07 Å². The Kier molecular flexibility index (Phi) is 7.15. The first-order chi connectivity index (χ1) is 13.3. The maximum absolute atomic E-state index is 12.5. The van der Waals surface area contributed by atoms with Crippen molar-refractivity contribution in [2.75, 3.05) is 19.7 Å². The third-order valence-electron chi connectivity index (χ3n) is 3.96. The lowest BCUT2D eigenvalue weighted by atomic mass is 10.1. The van der Waals surface area contributed by atoms with Crippen molar-refractivity contribution in [1.29, 1.82) is 10.5 Å². The van der Waals surface area contributed by atoms with Gasteiger partial charge in [0.25, 0.3) is 0 Å². The van der Waals surface area contributed by atoms with Crippen LogP contribution in [0.4, 0.5) is 4.39 Å². The second kappa shape index (κ2) is 9.35. The quantitative estimate of drug-likeness (QED) is 0.687. The van der Waals surface area contributed by atoms with Gasteiger partial charge in [0.2, 0.25) is 0 Å². The van der Waals surface area contributed by atoms with Gasteiger partial charge in [-0.25, -0.2) is 17.9 Å². The number of hydrogen-bond donors (Lipinski definition) is 3. The van der Waals surface area contributed by atoms with E-state index in [1.54, 1.807) is 18.2 Å². The second-order valence-electron chi connectivity index (χ2n) is 5.98. The maximum Gasteiger partial charge on any atom is 0.157 e. The van der Waals surface area contributed by atoms with E-state index in [9.17, 15) is 13.7 Å². The Labute approximate surface area is 163 Å². The van der Waals surface area contributed by atoms with E-state index >= 15 is 0 Å². The minimum atomic E-state index is -1.54. The third kappa shape index (κ3) is 5.09. The Morgan fingerprint density at radius 2 is 2.07 bits per heavy atom. The van der Waals surface area contributed by atoms with Crippen molar-refractivity contribution < 1.29 is 23.9 Å². The molecule has 1 aromatic carbocycles. The van der Waals surface area contributed by atoms with Gasteiger partial charge in [-0.3, -0.25) is 0 Å². The van der Waals surface area contributed by atoms with Crippen molar-refractivity contribution in [2.45, 2.75) is 16.9 Å². The van der Waals surface area contributed by atoms with Crippen LogP contribution in [0, 0.1) is 28.5 Å². The number of hydrogen-bond acceptors (Lipinski definition) is 7. The summed E-state index contributed by atoms with van der Waals surface area (Å²) < 4.78 is 26.3. The highest BCUT2D eigenvalue weighted by molar-refractivity contribution is 7.82. The summed E-state index contributed by atoms with van der Waals surface area (Å²) in [7, 11) is -1.54. The first-order valence-electron chi connectivity index (χ1n) is 8.07. The summed E-state index contributed by atoms with van der Waals surface area (Å²) in [5, 5.41) is 44.8. The van der Waals surface area contributed by atoms with Crippen molar-refractivity contribution >= 4 is 11.0 Å². The molecule has 1 saturated heterocycles. The lowest BCUT2D eigenvalue weighted by molar-refractivity contribution is -0.000504. The van der Waals surface area contributed by atoms with E-state index in [2.05, 4.69) is 4.98 Å². The van der Waals surface area contributed by atoms with Gasteiger partial charge in [0.05, 0.1) is 17.1 Å². The number of aliphatic hydroxyl groups excluding tert-OH is 1. The van der Waals surface area contributed by atoms with Crippen LogP contribution in [-0.4, -0.2) is 54.1 Å². The SMILES string of the molecule is N#Cc1ccc(O)cc1F.N#Cc1ncccc1S(=O)N1CCC(O)(CO)C1. The molecule has 0 radical (unpaired) electrons. The van der Waals surface area contributed by atoms with Crippen molar-refractivity contribution in [1.82, 2.24) is 9.29 Å². The molecule has 8 nitrogen and oxygen atoms in total. The number of phenols is 1. The fourth-order valence-corrected chi connectivity index (χ4v) is 3.79. The van der Waals surface area contributed by atoms with Gasteiger partial charge in [-0.1, -0.05) is 0 Å². The summed E-state index contributed by atoms with van der Waals surface area (Å²) >= 11 is 0. The zero-order valence-corrected chi connectivity index (χ0v) is 15.4. The average Bonchev–Trinajstić information content (AvgIpc) is 3.11. The van der Waals surface area contributed by atoms with Crippen LogP contribution in [0.1, 0.15) is 17.7 Å². The Morgan fingerprint density at radius 3 is 2.64 bits per heavy atom. The third-order valence-corrected chi connectivity index (χ3v) is 5.45. The van der Waals surface area contributed by atoms with Gasteiger partial charge in [0.1, 0.15) is 40.3 Å². The number of nitrogens with zero attached hydrogens (tertiary/aromatic N) is 4. The number of phenolic OH excluding ortho intramolecular Hbond substituents is 1. The van der Waals surface area contributed by atoms with Crippen LogP contribution in [0.25, 0.3) is 0 Å². The number of pyridine rings is 1. The van der Waals surface area contributed by atoms with E-state index in [-0.39, 0.29) is 30.2 Å². The molecule has 1 fully saturated rings. The van der Waals surface area contributed by atoms with Crippen LogP contribution in [-0.2, 0) is 11.0 Å². The fourth-order valence-electron chi connectivity index (χ4n) is 2.44. The largest absolute Gasteiger partial charge is 0.508 e. The highest BCUT2D eigenvalue weighted by atomic mass is 32.2. The summed E-state index contributed by atoms with van der Waals surface area (Å²) in [5.41, 5.74) is -1.14. The molecule has 2 heterocycles. The predicted octanol–water partition coefficient (Wildman–Crippen LogP) is 0.808. The molecule has 0 amide bonds. The Bertz CT molecular complexity index is 959. The lowest BCUT2D eigenvalue weighted by Gasteiger charge is -2.20. The number of halogens is 1. The zero-order valence-electron chi connectivity index (χ0n) is 14.6. The van der Waals surface area contributed by atoms with Gasteiger partial charge in [0, 0.05) is 25.4 Å². The first-order valence-corrected chi connectivity index (χ1v) is 9.18. The molecule has 146 valence electrons. The zero-order chi connectivity index (χ0) is 20.7. The van der Waals surface area contributed by atoms with Gasteiger partial charge in [0.15, 0.2) is 5.69 Å². The van der Waals surface area contributed by atoms with E-state index in [4.69, 9.17) is 20.7 Å². The van der Waals surface area contributed by atoms with Crippen LogP contribution in [0.3, 0.4) is 0 Å². The molecule has 3 rings (SSSR count). The molecule has 0 saturated carbocycles. The average molecular weight is 404 g/mol. The number of benzene rings is 1. The van der Waals surface area contributed by atoms with Gasteiger partial charge in [-0.15, -0.1) is 0 Å². The highest BCUT2D eigenvalue weighted by Gasteiger charge is 2.38. The van der Waals surface area contributed by atoms with Gasteiger partial charge in [-0.2, -0.15) is 10.5 Å². The molecular formula is C18H17FN4O4S. The second-order valence-corrected chi connectivity index (χ2v) is 7.44. The number of rotatable bonds is 3. The smallest absolute Gasteiger partial charge is 0.157 e. The Hall–Kier alpha value is -2.89. The molecule has 1 aromatic heterocycles. The lowest BCUT2D eigenvalue weighted by Crippen LogP contribution is -2.37. The molecule has 0 bridgehead atoms. The standard InChI is InChI=1S/C11H13N3O3S.C7H4FNO/c12-6-9-10(2-1-4-13-9)18(17)14-5-3-11(16,7-14)8-15;8-7-3-6(10)2-1-5(7)4-9/h1-2,4,15-16H,3,5,7-8H2;1-3,10H. The van der Waals surface area contributed by atoms with Crippen LogP contribution < -0.4 is 0 Å². The fraction of sp³-hybridized carbons (Fsp3) is 0.278. The summed E-state index contributed by atoms with van der Waals surface area (Å²) in [5.74, 6) is -0.862. The summed E-state index contributed by atoms with van der Waals surface area (Å²) in [4.78, 5) is 4.19. The molecule has 1 aliphatic rings. The minimum Gasteiger partial charge on any atom is -0.508 e. The van der Waals surface area contributed by atoms with E-state index in [1.807, 2.05) is 6.07 Å². The number of aromatic nitrogens is 1. The van der Waals surface area contributed by atoms with Crippen LogP contribution in [0.5, 0.6) is 5.75 Å². The van der Waals surface area contributed by atoms with Crippen LogP contribution in [0.15, 0.2) is 41.4 Å². The molecule has 2 aromatic rings. The van der Waals surface area contributed by atoms with Gasteiger partial charge >= 0.3 is 0 Å². The monoisotopic (exact) mass is 404 g/mol. The summed E-state index contributed by atoms with van der Waals surface area (Å²) in [6.07, 6.45) is 1.82. The molecular weight excluding hydrogens is 387 g/mol. The van der Waals surface area contributed by atoms with E-state index in [0.29, 0.717) is 17.9 Å². The molecule has 3 N–H and O–H groups in total. The number of β-amino-alcohol motifs (C(OH)–C–C–N with tert-alkyl or cyclic N) is 1. The molecule has 2 unspecified atom stereocenters. The molecule has 28 heavy (non-hydrogen) atoms. The van der Waals surface area contributed by atoms with E-state index < -0.39 is 22.4 Å².